The molecule has 10 heteroatoms. The fourth-order valence-corrected chi connectivity index (χ4v) is 2.90. The Hall–Kier alpha value is -3.01. The standard InChI is InChI=1S/C15H16N4O5S/c1-25(23,24)18(13-5-2-6-14(8-13)19(21)22)11-15(20)17-10-12-4-3-7-16-9-12/h2-9H,10-11H2,1H3,(H,17,20). The van der Waals surface area contributed by atoms with Gasteiger partial charge >= 0.3 is 0 Å². The van der Waals surface area contributed by atoms with E-state index in [1.165, 1.54) is 18.2 Å². The number of nitrogens with zero attached hydrogens (tertiary/aromatic N) is 3. The Balaban J connectivity index is 2.14. The molecule has 0 spiro atoms. The highest BCUT2D eigenvalue weighted by molar-refractivity contribution is 7.92. The summed E-state index contributed by atoms with van der Waals surface area (Å²) in [6.45, 7) is -0.292. The summed E-state index contributed by atoms with van der Waals surface area (Å²) in [5, 5.41) is 13.4. The Morgan fingerprint density at radius 2 is 2.08 bits per heavy atom. The van der Waals surface area contributed by atoms with Crippen LogP contribution in [-0.2, 0) is 21.4 Å². The minimum Gasteiger partial charge on any atom is -0.350 e. The number of hydrogen-bond acceptors (Lipinski definition) is 6. The molecule has 9 nitrogen and oxygen atoms in total. The van der Waals surface area contributed by atoms with Crippen LogP contribution in [-0.4, -0.2) is 37.0 Å². The molecule has 0 aliphatic heterocycles. The molecule has 132 valence electrons. The molecular weight excluding hydrogens is 348 g/mol. The maximum absolute atomic E-state index is 12.1. The summed E-state index contributed by atoms with van der Waals surface area (Å²) in [6, 6.07) is 8.58. The van der Waals surface area contributed by atoms with Crippen LogP contribution in [0, 0.1) is 10.1 Å². The van der Waals surface area contributed by atoms with E-state index in [-0.39, 0.29) is 17.9 Å². The first-order chi connectivity index (χ1) is 11.8. The number of nitro benzene ring substituents is 1. The summed E-state index contributed by atoms with van der Waals surface area (Å²) in [6.07, 6.45) is 4.11. The maximum atomic E-state index is 12.1. The topological polar surface area (TPSA) is 123 Å². The highest BCUT2D eigenvalue weighted by Crippen LogP contribution is 2.22. The summed E-state index contributed by atoms with van der Waals surface area (Å²) in [7, 11) is -3.80. The van der Waals surface area contributed by atoms with Crippen molar-refractivity contribution < 1.29 is 18.1 Å². The third-order valence-corrected chi connectivity index (χ3v) is 4.37. The zero-order valence-electron chi connectivity index (χ0n) is 13.3. The average molecular weight is 364 g/mol. The van der Waals surface area contributed by atoms with Gasteiger partial charge in [-0.2, -0.15) is 0 Å². The Kier molecular flexibility index (Phi) is 5.65. The molecule has 0 aliphatic rings. The molecule has 0 aliphatic carbocycles. The van der Waals surface area contributed by atoms with Crippen LogP contribution in [0.2, 0.25) is 0 Å². The summed E-state index contributed by atoms with van der Waals surface area (Å²) >= 11 is 0. The number of nitro groups is 1. The first-order valence-electron chi connectivity index (χ1n) is 7.15. The fraction of sp³-hybridized carbons (Fsp3) is 0.200. The van der Waals surface area contributed by atoms with Crippen LogP contribution in [0.5, 0.6) is 0 Å². The molecule has 1 heterocycles. The van der Waals surface area contributed by atoms with Crippen LogP contribution in [0.4, 0.5) is 11.4 Å². The molecule has 0 atom stereocenters. The second-order valence-electron chi connectivity index (χ2n) is 5.18. The van der Waals surface area contributed by atoms with E-state index in [2.05, 4.69) is 10.3 Å². The van der Waals surface area contributed by atoms with Gasteiger partial charge in [-0.3, -0.25) is 24.2 Å². The van der Waals surface area contributed by atoms with Crippen molar-refractivity contribution in [3.63, 3.8) is 0 Å². The van der Waals surface area contributed by atoms with Crippen LogP contribution in [0.25, 0.3) is 0 Å². The van der Waals surface area contributed by atoms with E-state index in [9.17, 15) is 23.3 Å². The molecule has 1 aromatic carbocycles. The molecule has 2 aromatic rings. The molecule has 25 heavy (non-hydrogen) atoms. The van der Waals surface area contributed by atoms with Crippen LogP contribution in [0.15, 0.2) is 48.8 Å². The molecule has 1 aromatic heterocycles. The Bertz CT molecular complexity index is 871. The molecular formula is C15H16N4O5S. The van der Waals surface area contributed by atoms with E-state index in [0.29, 0.717) is 0 Å². The highest BCUT2D eigenvalue weighted by Gasteiger charge is 2.22. The lowest BCUT2D eigenvalue weighted by molar-refractivity contribution is -0.384. The summed E-state index contributed by atoms with van der Waals surface area (Å²) in [5.74, 6) is -0.541. The van der Waals surface area contributed by atoms with Gasteiger partial charge in [-0.1, -0.05) is 12.1 Å². The molecule has 0 fully saturated rings. The number of benzene rings is 1. The quantitative estimate of drug-likeness (QED) is 0.579. The number of sulfonamides is 1. The molecule has 0 bridgehead atoms. The summed E-state index contributed by atoms with van der Waals surface area (Å²) in [4.78, 5) is 26.2. The van der Waals surface area contributed by atoms with Crippen molar-refractivity contribution in [1.29, 1.82) is 0 Å². The molecule has 0 saturated heterocycles. The number of carbonyl (C=O) groups excluding carboxylic acids is 1. The first-order valence-corrected chi connectivity index (χ1v) is 9.00. The number of amides is 1. The molecule has 0 saturated carbocycles. The van der Waals surface area contributed by atoms with E-state index >= 15 is 0 Å². The van der Waals surface area contributed by atoms with E-state index in [0.717, 1.165) is 22.2 Å². The predicted octanol–water partition coefficient (Wildman–Crippen LogP) is 1.07. The second-order valence-corrected chi connectivity index (χ2v) is 7.09. The van der Waals surface area contributed by atoms with E-state index in [1.807, 2.05) is 0 Å². The van der Waals surface area contributed by atoms with Gasteiger partial charge in [-0.25, -0.2) is 8.42 Å². The Morgan fingerprint density at radius 1 is 1.32 bits per heavy atom. The van der Waals surface area contributed by atoms with Gasteiger partial charge in [-0.05, 0) is 17.7 Å². The molecule has 2 rings (SSSR count). The first kappa shape index (κ1) is 18.3. The number of hydrogen-bond donors (Lipinski definition) is 1. The van der Waals surface area contributed by atoms with Crippen molar-refractivity contribution in [2.24, 2.45) is 0 Å². The monoisotopic (exact) mass is 364 g/mol. The lowest BCUT2D eigenvalue weighted by Crippen LogP contribution is -2.40. The number of pyridine rings is 1. The van der Waals surface area contributed by atoms with E-state index in [1.54, 1.807) is 24.5 Å². The SMILES string of the molecule is CS(=O)(=O)N(CC(=O)NCc1cccnc1)c1cccc([N+](=O)[O-])c1. The van der Waals surface area contributed by atoms with Crippen molar-refractivity contribution in [3.05, 3.63) is 64.5 Å². The zero-order chi connectivity index (χ0) is 18.4. The van der Waals surface area contributed by atoms with Crippen molar-refractivity contribution >= 4 is 27.3 Å². The van der Waals surface area contributed by atoms with Crippen LogP contribution in [0.1, 0.15) is 5.56 Å². The van der Waals surface area contributed by atoms with Gasteiger partial charge < -0.3 is 5.32 Å². The van der Waals surface area contributed by atoms with Crippen molar-refractivity contribution in [2.45, 2.75) is 6.54 Å². The van der Waals surface area contributed by atoms with E-state index in [4.69, 9.17) is 0 Å². The fourth-order valence-electron chi connectivity index (χ4n) is 2.05. The number of non-ortho nitro benzene ring substituents is 1. The summed E-state index contributed by atoms with van der Waals surface area (Å²) < 4.78 is 24.8. The van der Waals surface area contributed by atoms with Gasteiger partial charge in [0, 0.05) is 31.1 Å². The van der Waals surface area contributed by atoms with Crippen molar-refractivity contribution in [3.8, 4) is 0 Å². The molecule has 1 amide bonds. The number of carbonyl (C=O) groups is 1. The highest BCUT2D eigenvalue weighted by atomic mass is 32.2. The van der Waals surface area contributed by atoms with Gasteiger partial charge in [0.15, 0.2) is 0 Å². The number of rotatable bonds is 7. The number of nitrogens with one attached hydrogen (secondary N) is 1. The van der Waals surface area contributed by atoms with Crippen molar-refractivity contribution in [2.75, 3.05) is 17.1 Å². The third kappa shape index (κ3) is 5.24. The maximum Gasteiger partial charge on any atom is 0.271 e. The second kappa shape index (κ2) is 7.71. The minimum absolute atomic E-state index is 0.0493. The van der Waals surface area contributed by atoms with Gasteiger partial charge in [0.2, 0.25) is 15.9 Å². The van der Waals surface area contributed by atoms with Crippen LogP contribution < -0.4 is 9.62 Å². The average Bonchev–Trinajstić information content (AvgIpc) is 2.58. The summed E-state index contributed by atoms with van der Waals surface area (Å²) in [5.41, 5.74) is 0.548. The van der Waals surface area contributed by atoms with Crippen LogP contribution >= 0.6 is 0 Å². The largest absolute Gasteiger partial charge is 0.350 e. The smallest absolute Gasteiger partial charge is 0.271 e. The number of anilines is 1. The zero-order valence-corrected chi connectivity index (χ0v) is 14.1. The molecule has 0 radical (unpaired) electrons. The lowest BCUT2D eigenvalue weighted by Gasteiger charge is -2.21. The Labute approximate surface area is 144 Å². The van der Waals surface area contributed by atoms with Gasteiger partial charge in [0.1, 0.15) is 6.54 Å². The van der Waals surface area contributed by atoms with Gasteiger partial charge in [0.25, 0.3) is 5.69 Å². The third-order valence-electron chi connectivity index (χ3n) is 3.23. The van der Waals surface area contributed by atoms with Crippen LogP contribution in [0.3, 0.4) is 0 Å². The lowest BCUT2D eigenvalue weighted by atomic mass is 10.2. The molecule has 1 N–H and O–H groups in total. The van der Waals surface area contributed by atoms with E-state index < -0.39 is 27.4 Å². The normalized spacial score (nSPS) is 10.9. The minimum atomic E-state index is -3.80. The van der Waals surface area contributed by atoms with Gasteiger partial charge in [0.05, 0.1) is 16.9 Å². The van der Waals surface area contributed by atoms with Gasteiger partial charge in [-0.15, -0.1) is 0 Å². The number of aromatic nitrogens is 1. The Morgan fingerprint density at radius 3 is 2.68 bits per heavy atom. The predicted molar refractivity (Wildman–Crippen MR) is 91.4 cm³/mol. The van der Waals surface area contributed by atoms with Crippen molar-refractivity contribution in [1.82, 2.24) is 10.3 Å². The molecule has 0 unspecified atom stereocenters.